The lowest BCUT2D eigenvalue weighted by atomic mass is 10.2. The molecular weight excluding hydrogens is 148 g/mol. The molecule has 0 amide bonds. The summed E-state index contributed by atoms with van der Waals surface area (Å²) < 4.78 is 0. The van der Waals surface area contributed by atoms with Crippen molar-refractivity contribution >= 4 is 5.97 Å². The number of nitrogens with two attached hydrogens (primary N) is 2. The van der Waals surface area contributed by atoms with Gasteiger partial charge in [-0.25, -0.2) is 0 Å². The van der Waals surface area contributed by atoms with Crippen molar-refractivity contribution in [3.8, 4) is 0 Å². The molecule has 0 aromatic carbocycles. The maximum absolute atomic E-state index is 10.0. The molecule has 0 aliphatic carbocycles. The summed E-state index contributed by atoms with van der Waals surface area (Å²) in [6, 6.07) is -0.742. The van der Waals surface area contributed by atoms with Crippen LogP contribution < -0.4 is 11.5 Å². The van der Waals surface area contributed by atoms with Gasteiger partial charge in [-0.15, -0.1) is 0 Å². The van der Waals surface area contributed by atoms with Crippen LogP contribution in [0.25, 0.3) is 0 Å². The molecule has 0 radical (unpaired) electrons. The number of aliphatic hydroxyl groups is 1. The number of aliphatic carboxylic acids is 1. The molecule has 0 aliphatic heterocycles. The molecule has 5 nitrogen and oxygen atoms in total. The summed E-state index contributed by atoms with van der Waals surface area (Å²) in [7, 11) is 1.00. The first kappa shape index (κ1) is 13.0. The van der Waals surface area contributed by atoms with Gasteiger partial charge in [0.15, 0.2) is 0 Å². The highest BCUT2D eigenvalue weighted by Gasteiger charge is 2.08. The molecule has 0 aromatic rings. The van der Waals surface area contributed by atoms with Crippen LogP contribution in [0, 0.1) is 0 Å². The fourth-order valence-electron chi connectivity index (χ4n) is 0.461. The van der Waals surface area contributed by atoms with E-state index in [9.17, 15) is 4.79 Å². The van der Waals surface area contributed by atoms with Crippen LogP contribution in [0.1, 0.15) is 12.8 Å². The van der Waals surface area contributed by atoms with E-state index in [1.54, 1.807) is 0 Å². The Bertz CT molecular complexity index is 97.8. The Morgan fingerprint density at radius 2 is 2.00 bits per heavy atom. The summed E-state index contributed by atoms with van der Waals surface area (Å²) in [5.41, 5.74) is 10.3. The molecule has 0 saturated carbocycles. The topological polar surface area (TPSA) is 110 Å². The van der Waals surface area contributed by atoms with Crippen LogP contribution in [0.5, 0.6) is 0 Å². The first-order valence-corrected chi connectivity index (χ1v) is 3.31. The third-order valence-electron chi connectivity index (χ3n) is 1.04. The summed E-state index contributed by atoms with van der Waals surface area (Å²) in [6.07, 6.45) is 1.14. The number of hydrogen-bond donors (Lipinski definition) is 4. The van der Waals surface area contributed by atoms with Gasteiger partial charge in [0.2, 0.25) is 0 Å². The summed E-state index contributed by atoms with van der Waals surface area (Å²) >= 11 is 0. The van der Waals surface area contributed by atoms with Crippen LogP contribution in [0.15, 0.2) is 0 Å². The van der Waals surface area contributed by atoms with Crippen LogP contribution in [-0.2, 0) is 4.79 Å². The predicted molar refractivity (Wildman–Crippen MR) is 42.0 cm³/mol. The second-order valence-corrected chi connectivity index (χ2v) is 1.88. The smallest absolute Gasteiger partial charge is 0.320 e. The van der Waals surface area contributed by atoms with E-state index in [0.717, 1.165) is 7.11 Å². The van der Waals surface area contributed by atoms with Gasteiger partial charge in [-0.3, -0.25) is 4.79 Å². The third kappa shape index (κ3) is 9.35. The second kappa shape index (κ2) is 9.35. The van der Waals surface area contributed by atoms with E-state index < -0.39 is 12.0 Å². The Morgan fingerprint density at radius 1 is 1.55 bits per heavy atom. The number of aliphatic hydroxyl groups excluding tert-OH is 1. The van der Waals surface area contributed by atoms with Crippen LogP contribution in [-0.4, -0.2) is 35.9 Å². The fourth-order valence-corrected chi connectivity index (χ4v) is 0.461. The Balaban J connectivity index is 0. The maximum Gasteiger partial charge on any atom is 0.320 e. The van der Waals surface area contributed by atoms with Gasteiger partial charge in [-0.2, -0.15) is 0 Å². The predicted octanol–water partition coefficient (Wildman–Crippen LogP) is -1.25. The lowest BCUT2D eigenvalue weighted by Crippen LogP contribution is -2.30. The molecule has 0 rings (SSSR count). The average Bonchev–Trinajstić information content (AvgIpc) is 2.03. The second-order valence-electron chi connectivity index (χ2n) is 1.88. The first-order valence-electron chi connectivity index (χ1n) is 3.31. The van der Waals surface area contributed by atoms with Gasteiger partial charge in [-0.1, -0.05) is 0 Å². The zero-order chi connectivity index (χ0) is 9.28. The summed E-state index contributed by atoms with van der Waals surface area (Å²) in [6.45, 7) is 0.501. The van der Waals surface area contributed by atoms with Crippen molar-refractivity contribution < 1.29 is 15.0 Å². The van der Waals surface area contributed by atoms with Gasteiger partial charge >= 0.3 is 5.97 Å². The van der Waals surface area contributed by atoms with Gasteiger partial charge in [0.05, 0.1) is 0 Å². The minimum atomic E-state index is -0.955. The number of carboxylic acid groups (broad SMARTS) is 1. The zero-order valence-electron chi connectivity index (χ0n) is 6.66. The van der Waals surface area contributed by atoms with Gasteiger partial charge in [0.1, 0.15) is 6.04 Å². The highest BCUT2D eigenvalue weighted by Crippen LogP contribution is 1.91. The van der Waals surface area contributed by atoms with Gasteiger partial charge in [0, 0.05) is 7.11 Å². The molecule has 6 N–H and O–H groups in total. The molecule has 0 aromatic heterocycles. The molecule has 0 fully saturated rings. The van der Waals surface area contributed by atoms with Gasteiger partial charge in [-0.05, 0) is 19.4 Å². The van der Waals surface area contributed by atoms with Gasteiger partial charge < -0.3 is 21.7 Å². The van der Waals surface area contributed by atoms with E-state index in [1.165, 1.54) is 0 Å². The Hall–Kier alpha value is -0.650. The minimum absolute atomic E-state index is 0.464. The van der Waals surface area contributed by atoms with Crippen molar-refractivity contribution in [3.05, 3.63) is 0 Å². The molecule has 1 atom stereocenters. The van der Waals surface area contributed by atoms with Crippen LogP contribution >= 0.6 is 0 Å². The van der Waals surface area contributed by atoms with Crippen molar-refractivity contribution in [1.82, 2.24) is 0 Å². The lowest BCUT2D eigenvalue weighted by Gasteiger charge is -2.02. The van der Waals surface area contributed by atoms with E-state index in [2.05, 4.69) is 0 Å². The van der Waals surface area contributed by atoms with Gasteiger partial charge in [0.25, 0.3) is 0 Å². The summed E-state index contributed by atoms with van der Waals surface area (Å²) in [5.74, 6) is -0.955. The molecule has 5 heteroatoms. The molecule has 11 heavy (non-hydrogen) atoms. The largest absolute Gasteiger partial charge is 0.480 e. The van der Waals surface area contributed by atoms with E-state index >= 15 is 0 Å². The number of carbonyl (C=O) groups is 1. The zero-order valence-corrected chi connectivity index (χ0v) is 6.66. The SMILES string of the molecule is CO.NCCCC(N)C(=O)O. The third-order valence-corrected chi connectivity index (χ3v) is 1.04. The van der Waals surface area contributed by atoms with Crippen molar-refractivity contribution in [3.63, 3.8) is 0 Å². The number of hydrogen-bond acceptors (Lipinski definition) is 4. The summed E-state index contributed by atoms with van der Waals surface area (Å²) in [5, 5.41) is 15.2. The average molecular weight is 164 g/mol. The van der Waals surface area contributed by atoms with E-state index in [0.29, 0.717) is 19.4 Å². The molecule has 0 spiro atoms. The van der Waals surface area contributed by atoms with Crippen LogP contribution in [0.4, 0.5) is 0 Å². The quantitative estimate of drug-likeness (QED) is 0.415. The monoisotopic (exact) mass is 164 g/mol. The normalized spacial score (nSPS) is 11.3. The van der Waals surface area contributed by atoms with Crippen molar-refractivity contribution in [2.75, 3.05) is 13.7 Å². The molecule has 0 heterocycles. The number of rotatable bonds is 4. The minimum Gasteiger partial charge on any atom is -0.480 e. The highest BCUT2D eigenvalue weighted by molar-refractivity contribution is 5.72. The molecule has 1 unspecified atom stereocenters. The molecule has 0 bridgehead atoms. The molecule has 0 aliphatic rings. The highest BCUT2D eigenvalue weighted by atomic mass is 16.4. The fraction of sp³-hybridized carbons (Fsp3) is 0.833. The van der Waals surface area contributed by atoms with Crippen molar-refractivity contribution in [2.45, 2.75) is 18.9 Å². The van der Waals surface area contributed by atoms with E-state index in [1.807, 2.05) is 0 Å². The standard InChI is InChI=1S/C5H12N2O2.CH4O/c6-3-1-2-4(7)5(8)9;1-2/h4H,1-3,6-7H2,(H,8,9);2H,1H3. The molecular formula is C6H16N2O3. The molecule has 0 saturated heterocycles. The number of carboxylic acids is 1. The van der Waals surface area contributed by atoms with Crippen molar-refractivity contribution in [1.29, 1.82) is 0 Å². The van der Waals surface area contributed by atoms with Crippen LogP contribution in [0.2, 0.25) is 0 Å². The van der Waals surface area contributed by atoms with E-state index in [4.69, 9.17) is 21.7 Å². The van der Waals surface area contributed by atoms with Crippen molar-refractivity contribution in [2.24, 2.45) is 11.5 Å². The van der Waals surface area contributed by atoms with Crippen LogP contribution in [0.3, 0.4) is 0 Å². The summed E-state index contributed by atoms with van der Waals surface area (Å²) in [4.78, 5) is 10.0. The van der Waals surface area contributed by atoms with E-state index in [-0.39, 0.29) is 0 Å². The first-order chi connectivity index (χ1) is 5.18. The Morgan fingerprint density at radius 3 is 2.27 bits per heavy atom. The Labute approximate surface area is 66.0 Å². The Kier molecular flexibility index (Phi) is 11.0. The lowest BCUT2D eigenvalue weighted by molar-refractivity contribution is -0.138. The maximum atomic E-state index is 10.0. The molecule has 68 valence electrons.